The second-order valence-corrected chi connectivity index (χ2v) is 2.09. The van der Waals surface area contributed by atoms with Gasteiger partial charge in [0.15, 0.2) is 0 Å². The summed E-state index contributed by atoms with van der Waals surface area (Å²) in [4.78, 5) is 10.4. The Morgan fingerprint density at radius 3 is 2.62 bits per heavy atom. The minimum atomic E-state index is -0.370. The Bertz CT molecular complexity index is 113. The Morgan fingerprint density at radius 1 is 1.88 bits per heavy atom. The van der Waals surface area contributed by atoms with Gasteiger partial charge in [-0.1, -0.05) is 0 Å². The van der Waals surface area contributed by atoms with Crippen LogP contribution in [-0.4, -0.2) is 18.1 Å². The van der Waals surface area contributed by atoms with Crippen molar-refractivity contribution in [3.63, 3.8) is 0 Å². The van der Waals surface area contributed by atoms with E-state index in [1.165, 1.54) is 0 Å². The van der Waals surface area contributed by atoms with Crippen molar-refractivity contribution in [2.24, 2.45) is 5.73 Å². The number of hydrogen-bond acceptors (Lipinski definition) is 3. The van der Waals surface area contributed by atoms with Gasteiger partial charge in [0.1, 0.15) is 12.1 Å². The standard InChI is InChI=1S/C5H9NO2/c1-3-2-4(6)5(7)8-3/h3-4H,2,6H2,1H3/t3-,4?/m0/s1. The molecule has 0 aliphatic carbocycles. The van der Waals surface area contributed by atoms with Crippen molar-refractivity contribution in [2.75, 3.05) is 0 Å². The quantitative estimate of drug-likeness (QED) is 0.439. The second-order valence-electron chi connectivity index (χ2n) is 2.09. The number of esters is 1. The lowest BCUT2D eigenvalue weighted by atomic mass is 10.2. The summed E-state index contributed by atoms with van der Waals surface area (Å²) < 4.78 is 4.71. The zero-order chi connectivity index (χ0) is 6.15. The molecule has 1 unspecified atom stereocenters. The van der Waals surface area contributed by atoms with E-state index in [9.17, 15) is 4.79 Å². The fourth-order valence-corrected chi connectivity index (χ4v) is 0.788. The molecular weight excluding hydrogens is 106 g/mol. The number of ether oxygens (including phenoxy) is 1. The highest BCUT2D eigenvalue weighted by atomic mass is 16.6. The maximum absolute atomic E-state index is 10.4. The molecule has 8 heavy (non-hydrogen) atoms. The Balaban J connectivity index is 2.51. The number of cyclic esters (lactones) is 1. The minimum Gasteiger partial charge on any atom is -0.461 e. The van der Waals surface area contributed by atoms with E-state index in [4.69, 9.17) is 10.5 Å². The van der Waals surface area contributed by atoms with Crippen LogP contribution in [0.3, 0.4) is 0 Å². The molecule has 1 aliphatic rings. The molecule has 3 nitrogen and oxygen atoms in total. The summed E-state index contributed by atoms with van der Waals surface area (Å²) >= 11 is 0. The Kier molecular flexibility index (Phi) is 1.21. The third-order valence-electron chi connectivity index (χ3n) is 1.21. The Hall–Kier alpha value is -0.570. The van der Waals surface area contributed by atoms with E-state index >= 15 is 0 Å². The van der Waals surface area contributed by atoms with E-state index in [2.05, 4.69) is 0 Å². The van der Waals surface area contributed by atoms with Crippen LogP contribution in [0.4, 0.5) is 0 Å². The molecule has 0 saturated carbocycles. The molecule has 3 heteroatoms. The molecule has 0 bridgehead atoms. The molecule has 1 saturated heterocycles. The minimum absolute atomic E-state index is 0.0255. The van der Waals surface area contributed by atoms with E-state index in [-0.39, 0.29) is 18.1 Å². The second kappa shape index (κ2) is 1.74. The first-order valence-electron chi connectivity index (χ1n) is 2.66. The lowest BCUT2D eigenvalue weighted by molar-refractivity contribution is -0.141. The molecule has 0 aromatic rings. The molecule has 2 N–H and O–H groups in total. The normalized spacial score (nSPS) is 37.5. The first-order valence-corrected chi connectivity index (χ1v) is 2.66. The number of carbonyl (C=O) groups excluding carboxylic acids is 1. The van der Waals surface area contributed by atoms with Gasteiger partial charge in [-0.15, -0.1) is 0 Å². The van der Waals surface area contributed by atoms with Crippen LogP contribution in [0.15, 0.2) is 0 Å². The van der Waals surface area contributed by atoms with E-state index < -0.39 is 0 Å². The monoisotopic (exact) mass is 115 g/mol. The number of rotatable bonds is 0. The topological polar surface area (TPSA) is 52.3 Å². The summed E-state index contributed by atoms with van der Waals surface area (Å²) in [7, 11) is 0. The van der Waals surface area contributed by atoms with Crippen molar-refractivity contribution >= 4 is 5.97 Å². The highest BCUT2D eigenvalue weighted by Gasteiger charge is 2.27. The van der Waals surface area contributed by atoms with Gasteiger partial charge in [-0.2, -0.15) is 0 Å². The van der Waals surface area contributed by atoms with Crippen LogP contribution in [0, 0.1) is 0 Å². The predicted octanol–water partition coefficient (Wildman–Crippen LogP) is -0.351. The third kappa shape index (κ3) is 0.816. The van der Waals surface area contributed by atoms with E-state index in [0.717, 1.165) is 0 Å². The van der Waals surface area contributed by atoms with Crippen LogP contribution in [0.2, 0.25) is 0 Å². The van der Waals surface area contributed by atoms with Crippen molar-refractivity contribution in [1.29, 1.82) is 0 Å². The summed E-state index contributed by atoms with van der Waals surface area (Å²) in [6, 6.07) is -0.370. The average molecular weight is 115 g/mol. The summed E-state index contributed by atoms with van der Waals surface area (Å²) in [6.07, 6.45) is 0.691. The summed E-state index contributed by atoms with van der Waals surface area (Å²) in [6.45, 7) is 1.84. The van der Waals surface area contributed by atoms with Crippen LogP contribution in [0.25, 0.3) is 0 Å². The van der Waals surface area contributed by atoms with E-state index in [1.807, 2.05) is 6.92 Å². The Labute approximate surface area is 47.8 Å². The maximum atomic E-state index is 10.4. The molecule has 46 valence electrons. The van der Waals surface area contributed by atoms with Gasteiger partial charge < -0.3 is 10.5 Å². The molecule has 2 atom stereocenters. The molecule has 1 rings (SSSR count). The molecule has 0 aromatic heterocycles. The average Bonchev–Trinajstić information content (AvgIpc) is 1.85. The van der Waals surface area contributed by atoms with Crippen molar-refractivity contribution in [2.45, 2.75) is 25.5 Å². The highest BCUT2D eigenvalue weighted by molar-refractivity contribution is 5.77. The summed E-state index contributed by atoms with van der Waals surface area (Å²) in [5, 5.41) is 0. The molecular formula is C5H9NO2. The van der Waals surface area contributed by atoms with Gasteiger partial charge in [-0.25, -0.2) is 0 Å². The van der Waals surface area contributed by atoms with Crippen molar-refractivity contribution in [1.82, 2.24) is 0 Å². The molecule has 1 fully saturated rings. The molecule has 0 amide bonds. The van der Waals surface area contributed by atoms with Crippen LogP contribution in [0.5, 0.6) is 0 Å². The van der Waals surface area contributed by atoms with Crippen LogP contribution in [0.1, 0.15) is 13.3 Å². The molecule has 1 aliphatic heterocycles. The third-order valence-corrected chi connectivity index (χ3v) is 1.21. The van der Waals surface area contributed by atoms with Gasteiger partial charge in [0, 0.05) is 6.42 Å². The van der Waals surface area contributed by atoms with Gasteiger partial charge in [0.2, 0.25) is 0 Å². The fraction of sp³-hybridized carbons (Fsp3) is 0.800. The van der Waals surface area contributed by atoms with Crippen LogP contribution >= 0.6 is 0 Å². The molecule has 0 radical (unpaired) electrons. The summed E-state index contributed by atoms with van der Waals surface area (Å²) in [5.74, 6) is -0.266. The SMILES string of the molecule is C[C@H]1CC(N)C(=O)O1. The van der Waals surface area contributed by atoms with Gasteiger partial charge in [0.05, 0.1) is 0 Å². The van der Waals surface area contributed by atoms with E-state index in [0.29, 0.717) is 6.42 Å². The molecule has 0 aromatic carbocycles. The van der Waals surface area contributed by atoms with Crippen molar-refractivity contribution in [3.8, 4) is 0 Å². The van der Waals surface area contributed by atoms with E-state index in [1.54, 1.807) is 0 Å². The lowest BCUT2D eigenvalue weighted by Gasteiger charge is -1.95. The predicted molar refractivity (Wildman–Crippen MR) is 28.1 cm³/mol. The molecule has 0 spiro atoms. The first-order chi connectivity index (χ1) is 3.70. The van der Waals surface area contributed by atoms with Crippen molar-refractivity contribution in [3.05, 3.63) is 0 Å². The van der Waals surface area contributed by atoms with Crippen LogP contribution in [-0.2, 0) is 9.53 Å². The zero-order valence-corrected chi connectivity index (χ0v) is 4.76. The fourth-order valence-electron chi connectivity index (χ4n) is 0.788. The molecule has 1 heterocycles. The highest BCUT2D eigenvalue weighted by Crippen LogP contribution is 2.10. The number of carbonyl (C=O) groups is 1. The summed E-state index contributed by atoms with van der Waals surface area (Å²) in [5.41, 5.74) is 5.29. The van der Waals surface area contributed by atoms with Gasteiger partial charge >= 0.3 is 5.97 Å². The zero-order valence-electron chi connectivity index (χ0n) is 4.76. The maximum Gasteiger partial charge on any atom is 0.323 e. The van der Waals surface area contributed by atoms with Crippen molar-refractivity contribution < 1.29 is 9.53 Å². The lowest BCUT2D eigenvalue weighted by Crippen LogP contribution is -2.24. The van der Waals surface area contributed by atoms with Gasteiger partial charge in [-0.3, -0.25) is 4.79 Å². The Morgan fingerprint density at radius 2 is 2.50 bits per heavy atom. The largest absolute Gasteiger partial charge is 0.461 e. The van der Waals surface area contributed by atoms with Crippen LogP contribution < -0.4 is 5.73 Å². The van der Waals surface area contributed by atoms with Gasteiger partial charge in [-0.05, 0) is 6.92 Å². The number of nitrogens with two attached hydrogens (primary N) is 1. The smallest absolute Gasteiger partial charge is 0.323 e. The first kappa shape index (κ1) is 5.56. The van der Waals surface area contributed by atoms with Gasteiger partial charge in [0.25, 0.3) is 0 Å². The number of hydrogen-bond donors (Lipinski definition) is 1.